The fourth-order valence-corrected chi connectivity index (χ4v) is 2.94. The molecule has 6 heteroatoms. The third-order valence-electron chi connectivity index (χ3n) is 3.34. The molecule has 0 bridgehead atoms. The first kappa shape index (κ1) is 16.1. The van der Waals surface area contributed by atoms with E-state index >= 15 is 0 Å². The summed E-state index contributed by atoms with van der Waals surface area (Å²) in [5, 5.41) is 1.15. The van der Waals surface area contributed by atoms with Crippen molar-refractivity contribution in [2.75, 3.05) is 7.11 Å². The lowest BCUT2D eigenvalue weighted by molar-refractivity contribution is 0.398. The van der Waals surface area contributed by atoms with Gasteiger partial charge in [0.25, 0.3) is 0 Å². The molecule has 2 heterocycles. The molecule has 0 aliphatic rings. The van der Waals surface area contributed by atoms with Gasteiger partial charge in [-0.05, 0) is 12.1 Å². The zero-order chi connectivity index (χ0) is 16.4. The van der Waals surface area contributed by atoms with E-state index in [-0.39, 0.29) is 5.15 Å². The van der Waals surface area contributed by atoms with Crippen molar-refractivity contribution in [2.24, 2.45) is 0 Å². The second kappa shape index (κ2) is 6.75. The highest BCUT2D eigenvalue weighted by atomic mass is 35.5. The van der Waals surface area contributed by atoms with Crippen molar-refractivity contribution >= 4 is 34.8 Å². The Morgan fingerprint density at radius 1 is 0.826 bits per heavy atom. The van der Waals surface area contributed by atoms with Crippen LogP contribution < -0.4 is 4.74 Å². The molecule has 0 fully saturated rings. The summed E-state index contributed by atoms with van der Waals surface area (Å²) in [6.07, 6.45) is 1.59. The van der Waals surface area contributed by atoms with Crippen LogP contribution in [-0.2, 0) is 0 Å². The molecule has 3 rings (SSSR count). The molecule has 0 N–H and O–H groups in total. The molecule has 2 aromatic heterocycles. The predicted octanol–water partition coefficient (Wildman–Crippen LogP) is 5.78. The van der Waals surface area contributed by atoms with Crippen molar-refractivity contribution in [3.8, 4) is 28.3 Å². The number of benzene rings is 1. The molecule has 3 nitrogen and oxygen atoms in total. The third-order valence-corrected chi connectivity index (χ3v) is 4.52. The highest BCUT2D eigenvalue weighted by Gasteiger charge is 2.15. The van der Waals surface area contributed by atoms with E-state index in [9.17, 15) is 0 Å². The topological polar surface area (TPSA) is 35.0 Å². The molecule has 0 aliphatic heterocycles. The molecular formula is C17H11Cl3N2O. The third kappa shape index (κ3) is 3.13. The molecule has 0 unspecified atom stereocenters. The van der Waals surface area contributed by atoms with E-state index < -0.39 is 0 Å². The van der Waals surface area contributed by atoms with Crippen molar-refractivity contribution < 1.29 is 4.74 Å². The van der Waals surface area contributed by atoms with Gasteiger partial charge in [0.05, 0.1) is 22.8 Å². The maximum absolute atomic E-state index is 6.59. The summed E-state index contributed by atoms with van der Waals surface area (Å²) >= 11 is 18.8. The first-order valence-electron chi connectivity index (χ1n) is 6.72. The van der Waals surface area contributed by atoms with Gasteiger partial charge in [-0.15, -0.1) is 0 Å². The average molecular weight is 366 g/mol. The Labute approximate surface area is 148 Å². The van der Waals surface area contributed by atoms with E-state index in [0.717, 1.165) is 16.7 Å². The standard InChI is InChI=1S/C17H11Cl3N2O/c1-23-14-7-3-6-13(22-14)12-5-2-4-10(15(12)18)11-8-9-21-17(20)16(11)19/h2-9H,1H3. The van der Waals surface area contributed by atoms with Crippen LogP contribution in [0.3, 0.4) is 0 Å². The molecule has 23 heavy (non-hydrogen) atoms. The minimum absolute atomic E-state index is 0.241. The van der Waals surface area contributed by atoms with Crippen LogP contribution in [0.2, 0.25) is 15.2 Å². The Bertz CT molecular complexity index is 868. The lowest BCUT2D eigenvalue weighted by atomic mass is 10.0. The molecule has 0 radical (unpaired) electrons. The molecule has 0 aliphatic carbocycles. The zero-order valence-electron chi connectivity index (χ0n) is 12.1. The second-order valence-corrected chi connectivity index (χ2v) is 5.81. The van der Waals surface area contributed by atoms with Crippen molar-refractivity contribution in [1.29, 1.82) is 0 Å². The molecule has 0 saturated heterocycles. The molecule has 3 aromatic rings. The first-order valence-corrected chi connectivity index (χ1v) is 7.85. The van der Waals surface area contributed by atoms with Crippen molar-refractivity contribution in [3.05, 3.63) is 63.9 Å². The molecule has 0 spiro atoms. The Morgan fingerprint density at radius 2 is 1.52 bits per heavy atom. The molecule has 0 atom stereocenters. The minimum atomic E-state index is 0.241. The van der Waals surface area contributed by atoms with Gasteiger partial charge in [-0.2, -0.15) is 0 Å². The highest BCUT2D eigenvalue weighted by Crippen LogP contribution is 2.40. The van der Waals surface area contributed by atoms with Crippen molar-refractivity contribution in [1.82, 2.24) is 9.97 Å². The first-order chi connectivity index (χ1) is 11.1. The lowest BCUT2D eigenvalue weighted by Gasteiger charge is -2.11. The number of hydrogen-bond donors (Lipinski definition) is 0. The van der Waals surface area contributed by atoms with E-state index in [4.69, 9.17) is 39.5 Å². The monoisotopic (exact) mass is 364 g/mol. The van der Waals surface area contributed by atoms with Crippen LogP contribution in [-0.4, -0.2) is 17.1 Å². The van der Waals surface area contributed by atoms with Crippen LogP contribution in [0.25, 0.3) is 22.4 Å². The fraction of sp³-hybridized carbons (Fsp3) is 0.0588. The van der Waals surface area contributed by atoms with Gasteiger partial charge in [0.2, 0.25) is 5.88 Å². The predicted molar refractivity (Wildman–Crippen MR) is 94.5 cm³/mol. The number of hydrogen-bond acceptors (Lipinski definition) is 3. The summed E-state index contributed by atoms with van der Waals surface area (Å²) in [7, 11) is 1.57. The summed E-state index contributed by atoms with van der Waals surface area (Å²) in [6, 6.07) is 12.9. The van der Waals surface area contributed by atoms with Gasteiger partial charge >= 0.3 is 0 Å². The average Bonchev–Trinajstić information content (AvgIpc) is 2.58. The minimum Gasteiger partial charge on any atom is -0.481 e. The van der Waals surface area contributed by atoms with Gasteiger partial charge in [0, 0.05) is 29.0 Å². The summed E-state index contributed by atoms with van der Waals surface area (Å²) in [5.74, 6) is 0.522. The summed E-state index contributed by atoms with van der Waals surface area (Å²) in [6.45, 7) is 0. The van der Waals surface area contributed by atoms with Gasteiger partial charge in [0.1, 0.15) is 5.15 Å². The number of halogens is 3. The van der Waals surface area contributed by atoms with Gasteiger partial charge in [-0.1, -0.05) is 59.1 Å². The van der Waals surface area contributed by atoms with E-state index in [1.54, 1.807) is 25.4 Å². The van der Waals surface area contributed by atoms with E-state index in [1.807, 2.05) is 30.3 Å². The number of ether oxygens (including phenoxy) is 1. The Balaban J connectivity index is 2.17. The van der Waals surface area contributed by atoms with E-state index in [0.29, 0.717) is 21.6 Å². The smallest absolute Gasteiger partial charge is 0.213 e. The Morgan fingerprint density at radius 3 is 2.30 bits per heavy atom. The number of nitrogens with zero attached hydrogens (tertiary/aromatic N) is 2. The fourth-order valence-electron chi connectivity index (χ4n) is 2.24. The van der Waals surface area contributed by atoms with E-state index in [2.05, 4.69) is 9.97 Å². The maximum Gasteiger partial charge on any atom is 0.213 e. The zero-order valence-corrected chi connectivity index (χ0v) is 14.3. The summed E-state index contributed by atoms with van der Waals surface area (Å²) in [5.41, 5.74) is 2.99. The number of aromatic nitrogens is 2. The number of rotatable bonds is 3. The Hall–Kier alpha value is -1.81. The van der Waals surface area contributed by atoms with Gasteiger partial charge in [-0.25, -0.2) is 9.97 Å². The lowest BCUT2D eigenvalue weighted by Crippen LogP contribution is -1.92. The highest BCUT2D eigenvalue weighted by molar-refractivity contribution is 6.43. The Kier molecular flexibility index (Phi) is 4.71. The SMILES string of the molecule is COc1cccc(-c2cccc(-c3ccnc(Cl)c3Cl)c2Cl)n1. The summed E-state index contributed by atoms with van der Waals surface area (Å²) < 4.78 is 5.16. The molecule has 1 aromatic carbocycles. The quantitative estimate of drug-likeness (QED) is 0.552. The van der Waals surface area contributed by atoms with Crippen LogP contribution in [0.5, 0.6) is 5.88 Å². The molecule has 0 amide bonds. The van der Waals surface area contributed by atoms with Crippen LogP contribution in [0.1, 0.15) is 0 Å². The van der Waals surface area contributed by atoms with E-state index in [1.165, 1.54) is 0 Å². The van der Waals surface area contributed by atoms with Crippen LogP contribution in [0.15, 0.2) is 48.7 Å². The van der Waals surface area contributed by atoms with Crippen LogP contribution in [0, 0.1) is 0 Å². The summed E-state index contributed by atoms with van der Waals surface area (Å²) in [4.78, 5) is 8.38. The number of pyridine rings is 2. The van der Waals surface area contributed by atoms with Crippen LogP contribution >= 0.6 is 34.8 Å². The number of methoxy groups -OCH3 is 1. The van der Waals surface area contributed by atoms with Crippen molar-refractivity contribution in [2.45, 2.75) is 0 Å². The molecule has 116 valence electrons. The molecule has 0 saturated carbocycles. The molecular weight excluding hydrogens is 355 g/mol. The van der Waals surface area contributed by atoms with Gasteiger partial charge in [0.15, 0.2) is 0 Å². The second-order valence-electron chi connectivity index (χ2n) is 4.70. The van der Waals surface area contributed by atoms with Crippen molar-refractivity contribution in [3.63, 3.8) is 0 Å². The normalized spacial score (nSPS) is 10.6. The maximum atomic E-state index is 6.59. The van der Waals surface area contributed by atoms with Gasteiger partial charge in [-0.3, -0.25) is 0 Å². The van der Waals surface area contributed by atoms with Crippen LogP contribution in [0.4, 0.5) is 0 Å². The van der Waals surface area contributed by atoms with Gasteiger partial charge < -0.3 is 4.74 Å². The largest absolute Gasteiger partial charge is 0.481 e.